The molecule has 0 aromatic heterocycles. The van der Waals surface area contributed by atoms with Crippen molar-refractivity contribution in [3.8, 4) is 5.75 Å². The molecule has 3 nitrogen and oxygen atoms in total. The molecule has 0 spiro atoms. The van der Waals surface area contributed by atoms with Crippen LogP contribution in [0.25, 0.3) is 0 Å². The van der Waals surface area contributed by atoms with Gasteiger partial charge >= 0.3 is 0 Å². The quantitative estimate of drug-likeness (QED) is 0.777. The molecule has 1 saturated heterocycles. The van der Waals surface area contributed by atoms with Crippen LogP contribution in [0.5, 0.6) is 5.75 Å². The van der Waals surface area contributed by atoms with Crippen LogP contribution < -0.4 is 4.74 Å². The van der Waals surface area contributed by atoms with Gasteiger partial charge in [-0.15, -0.1) is 0 Å². The summed E-state index contributed by atoms with van der Waals surface area (Å²) in [4.78, 5) is 5.28. The van der Waals surface area contributed by atoms with Gasteiger partial charge in [-0.3, -0.25) is 4.90 Å². The van der Waals surface area contributed by atoms with Gasteiger partial charge in [0.1, 0.15) is 5.75 Å². The highest BCUT2D eigenvalue weighted by Gasteiger charge is 2.36. The van der Waals surface area contributed by atoms with E-state index < -0.39 is 0 Å². The molecule has 1 aromatic carbocycles. The summed E-state index contributed by atoms with van der Waals surface area (Å²) in [5, 5.41) is 0. The van der Waals surface area contributed by atoms with Crippen LogP contribution in [0.4, 0.5) is 0 Å². The van der Waals surface area contributed by atoms with Crippen LogP contribution in [-0.4, -0.2) is 49.6 Å². The first-order valence-corrected chi connectivity index (χ1v) is 9.06. The Balaban J connectivity index is 1.23. The molecule has 3 heteroatoms. The van der Waals surface area contributed by atoms with E-state index in [1.54, 1.807) is 7.11 Å². The molecule has 0 unspecified atom stereocenters. The molecule has 3 aliphatic rings. The van der Waals surface area contributed by atoms with Crippen molar-refractivity contribution in [2.24, 2.45) is 17.8 Å². The van der Waals surface area contributed by atoms with Crippen LogP contribution in [-0.2, 0) is 6.54 Å². The van der Waals surface area contributed by atoms with Crippen molar-refractivity contribution < 1.29 is 4.74 Å². The summed E-state index contributed by atoms with van der Waals surface area (Å²) in [5.41, 5.74) is 1.39. The predicted octanol–water partition coefficient (Wildman–Crippen LogP) is 3.03. The lowest BCUT2D eigenvalue weighted by Crippen LogP contribution is -2.47. The average Bonchev–Trinajstić information content (AvgIpc) is 3.20. The zero-order chi connectivity index (χ0) is 15.6. The van der Waals surface area contributed by atoms with Crippen molar-refractivity contribution in [1.82, 2.24) is 9.80 Å². The molecule has 0 radical (unpaired) electrons. The van der Waals surface area contributed by atoms with E-state index in [0.29, 0.717) is 0 Å². The van der Waals surface area contributed by atoms with Crippen molar-refractivity contribution >= 4 is 0 Å². The van der Waals surface area contributed by atoms with Crippen LogP contribution in [0.15, 0.2) is 36.4 Å². The molecule has 124 valence electrons. The summed E-state index contributed by atoms with van der Waals surface area (Å²) in [6, 6.07) is 8.50. The predicted molar refractivity (Wildman–Crippen MR) is 93.6 cm³/mol. The number of methoxy groups -OCH3 is 1. The van der Waals surface area contributed by atoms with Gasteiger partial charge in [0.2, 0.25) is 0 Å². The molecular formula is C20H28N2O. The molecule has 0 amide bonds. The van der Waals surface area contributed by atoms with Crippen molar-refractivity contribution in [2.75, 3.05) is 39.8 Å². The van der Waals surface area contributed by atoms with Crippen LogP contribution in [0.1, 0.15) is 18.4 Å². The standard InChI is InChI=1S/C20H28N2O/c1-23-20-6-3-16(4-7-20)14-21-8-10-22(11-9-21)15-19-13-17-2-5-18(19)12-17/h2-7,17-19H,8-15H2,1H3/t17-,18-,19-/m1/s1. The number of fused-ring (bicyclic) bond motifs is 2. The lowest BCUT2D eigenvalue weighted by atomic mass is 9.93. The molecule has 23 heavy (non-hydrogen) atoms. The summed E-state index contributed by atoms with van der Waals surface area (Å²) in [6.07, 6.45) is 7.81. The molecular weight excluding hydrogens is 284 g/mol. The fourth-order valence-corrected chi connectivity index (χ4v) is 4.56. The second-order valence-electron chi connectivity index (χ2n) is 7.47. The van der Waals surface area contributed by atoms with Crippen molar-refractivity contribution in [3.63, 3.8) is 0 Å². The summed E-state index contributed by atoms with van der Waals surface area (Å²) < 4.78 is 5.23. The Kier molecular flexibility index (Phi) is 4.41. The Morgan fingerprint density at radius 3 is 2.30 bits per heavy atom. The van der Waals surface area contributed by atoms with E-state index in [1.165, 1.54) is 51.1 Å². The van der Waals surface area contributed by atoms with E-state index in [9.17, 15) is 0 Å². The topological polar surface area (TPSA) is 15.7 Å². The number of rotatable bonds is 5. The maximum Gasteiger partial charge on any atom is 0.118 e. The van der Waals surface area contributed by atoms with E-state index in [4.69, 9.17) is 4.74 Å². The maximum absolute atomic E-state index is 5.23. The van der Waals surface area contributed by atoms with Gasteiger partial charge in [-0.1, -0.05) is 24.3 Å². The second-order valence-corrected chi connectivity index (χ2v) is 7.47. The molecule has 2 fully saturated rings. The van der Waals surface area contributed by atoms with Crippen molar-refractivity contribution in [2.45, 2.75) is 19.4 Å². The van der Waals surface area contributed by atoms with Crippen LogP contribution in [0, 0.1) is 17.8 Å². The number of hydrogen-bond donors (Lipinski definition) is 0. The Hall–Kier alpha value is -1.32. The molecule has 1 saturated carbocycles. The molecule has 1 aromatic rings. The lowest BCUT2D eigenvalue weighted by Gasteiger charge is -2.37. The number of allylic oxidation sites excluding steroid dienone is 2. The molecule has 1 aliphatic heterocycles. The van der Waals surface area contributed by atoms with Gasteiger partial charge in [0.15, 0.2) is 0 Å². The third-order valence-electron chi connectivity index (χ3n) is 5.94. The fraction of sp³-hybridized carbons (Fsp3) is 0.600. The SMILES string of the molecule is COc1ccc(CN2CCN(C[C@H]3C[C@@H]4C=C[C@@H]3C4)CC2)cc1. The molecule has 0 N–H and O–H groups in total. The maximum atomic E-state index is 5.23. The Morgan fingerprint density at radius 1 is 0.957 bits per heavy atom. The average molecular weight is 312 g/mol. The van der Waals surface area contributed by atoms with Crippen molar-refractivity contribution in [3.05, 3.63) is 42.0 Å². The smallest absolute Gasteiger partial charge is 0.118 e. The molecule has 4 rings (SSSR count). The van der Waals surface area contributed by atoms with Gasteiger partial charge in [0.25, 0.3) is 0 Å². The first-order chi connectivity index (χ1) is 11.3. The van der Waals surface area contributed by atoms with E-state index >= 15 is 0 Å². The summed E-state index contributed by atoms with van der Waals surface area (Å²) >= 11 is 0. The molecule has 3 atom stereocenters. The van der Waals surface area contributed by atoms with E-state index in [2.05, 4.69) is 46.2 Å². The highest BCUT2D eigenvalue weighted by Crippen LogP contribution is 2.43. The number of ether oxygens (including phenoxy) is 1. The fourth-order valence-electron chi connectivity index (χ4n) is 4.56. The minimum absolute atomic E-state index is 0.886. The highest BCUT2D eigenvalue weighted by molar-refractivity contribution is 5.27. The number of hydrogen-bond acceptors (Lipinski definition) is 3. The Labute approximate surface area is 139 Å². The van der Waals surface area contributed by atoms with Crippen LogP contribution >= 0.6 is 0 Å². The zero-order valence-electron chi connectivity index (χ0n) is 14.2. The van der Waals surface area contributed by atoms with Gasteiger partial charge in [0.05, 0.1) is 7.11 Å². The Bertz CT molecular complexity index is 545. The van der Waals surface area contributed by atoms with Gasteiger partial charge in [-0.25, -0.2) is 0 Å². The van der Waals surface area contributed by atoms with Gasteiger partial charge < -0.3 is 9.64 Å². The van der Waals surface area contributed by atoms with E-state index in [1.807, 2.05) is 0 Å². The van der Waals surface area contributed by atoms with Gasteiger partial charge in [-0.05, 0) is 48.3 Å². The molecule has 2 bridgehead atoms. The van der Waals surface area contributed by atoms with E-state index in [0.717, 1.165) is 30.0 Å². The third-order valence-corrected chi connectivity index (χ3v) is 5.94. The second kappa shape index (κ2) is 6.66. The lowest BCUT2D eigenvalue weighted by molar-refractivity contribution is 0.108. The van der Waals surface area contributed by atoms with E-state index in [-0.39, 0.29) is 0 Å². The minimum atomic E-state index is 0.886. The first-order valence-electron chi connectivity index (χ1n) is 9.06. The Morgan fingerprint density at radius 2 is 1.70 bits per heavy atom. The highest BCUT2D eigenvalue weighted by atomic mass is 16.5. The first kappa shape index (κ1) is 15.2. The van der Waals surface area contributed by atoms with Crippen molar-refractivity contribution in [1.29, 1.82) is 0 Å². The number of nitrogens with zero attached hydrogens (tertiary/aromatic N) is 2. The molecule has 2 aliphatic carbocycles. The van der Waals surface area contributed by atoms with Crippen LogP contribution in [0.3, 0.4) is 0 Å². The summed E-state index contributed by atoms with van der Waals surface area (Å²) in [5.74, 6) is 3.66. The van der Waals surface area contributed by atoms with Gasteiger partial charge in [0, 0.05) is 39.3 Å². The molecule has 1 heterocycles. The van der Waals surface area contributed by atoms with Crippen LogP contribution in [0.2, 0.25) is 0 Å². The largest absolute Gasteiger partial charge is 0.497 e. The summed E-state index contributed by atoms with van der Waals surface area (Å²) in [6.45, 7) is 7.24. The number of benzene rings is 1. The monoisotopic (exact) mass is 312 g/mol. The number of piperazine rings is 1. The van der Waals surface area contributed by atoms with Gasteiger partial charge in [-0.2, -0.15) is 0 Å². The summed E-state index contributed by atoms with van der Waals surface area (Å²) in [7, 11) is 1.72. The minimum Gasteiger partial charge on any atom is -0.497 e. The third kappa shape index (κ3) is 3.46. The zero-order valence-corrected chi connectivity index (χ0v) is 14.2. The normalized spacial score (nSPS) is 30.9.